The molecule has 2 rings (SSSR count). The zero-order valence-corrected chi connectivity index (χ0v) is 7.97. The van der Waals surface area contributed by atoms with Gasteiger partial charge in [0.15, 0.2) is 0 Å². The van der Waals surface area contributed by atoms with Gasteiger partial charge in [0.05, 0.1) is 19.3 Å². The van der Waals surface area contributed by atoms with Crippen LogP contribution in [0.1, 0.15) is 13.8 Å². The van der Waals surface area contributed by atoms with E-state index in [9.17, 15) is 5.11 Å². The van der Waals surface area contributed by atoms with E-state index in [1.807, 2.05) is 13.8 Å². The summed E-state index contributed by atoms with van der Waals surface area (Å²) in [6.07, 6.45) is -0.567. The van der Waals surface area contributed by atoms with Crippen LogP contribution in [0.25, 0.3) is 0 Å². The molecular formula is C9H16O4. The predicted molar refractivity (Wildman–Crippen MR) is 45.5 cm³/mol. The van der Waals surface area contributed by atoms with E-state index < -0.39 is 6.10 Å². The molecule has 0 bridgehead atoms. The van der Waals surface area contributed by atoms with Gasteiger partial charge in [0.25, 0.3) is 0 Å². The molecule has 0 unspecified atom stereocenters. The van der Waals surface area contributed by atoms with Crippen molar-refractivity contribution in [1.29, 1.82) is 0 Å². The number of hydrogen-bond donors (Lipinski definition) is 1. The smallest absolute Gasteiger partial charge is 0.115 e. The van der Waals surface area contributed by atoms with Gasteiger partial charge in [-0.1, -0.05) is 0 Å². The van der Waals surface area contributed by atoms with Gasteiger partial charge < -0.3 is 19.3 Å². The molecule has 76 valence electrons. The van der Waals surface area contributed by atoms with E-state index in [2.05, 4.69) is 0 Å². The summed E-state index contributed by atoms with van der Waals surface area (Å²) in [5.74, 6) is 0. The van der Waals surface area contributed by atoms with Crippen molar-refractivity contribution in [2.24, 2.45) is 0 Å². The lowest BCUT2D eigenvalue weighted by atomic mass is 10.1. The first kappa shape index (κ1) is 9.40. The SMILES string of the molecule is CC(C)O[C@H]1CO[C@H]2[C@@H]1OC[C@H]2O. The molecule has 2 aliphatic heterocycles. The molecule has 2 heterocycles. The summed E-state index contributed by atoms with van der Waals surface area (Å²) < 4.78 is 16.4. The van der Waals surface area contributed by atoms with E-state index in [-0.39, 0.29) is 24.4 Å². The fourth-order valence-electron chi connectivity index (χ4n) is 1.91. The minimum absolute atomic E-state index is 0.0119. The van der Waals surface area contributed by atoms with Gasteiger partial charge in [-0.2, -0.15) is 0 Å². The fourth-order valence-corrected chi connectivity index (χ4v) is 1.91. The van der Waals surface area contributed by atoms with Crippen LogP contribution in [0.5, 0.6) is 0 Å². The molecule has 0 amide bonds. The summed E-state index contributed by atoms with van der Waals surface area (Å²) in [7, 11) is 0. The van der Waals surface area contributed by atoms with Crippen LogP contribution < -0.4 is 0 Å². The van der Waals surface area contributed by atoms with Crippen molar-refractivity contribution in [3.63, 3.8) is 0 Å². The Kier molecular flexibility index (Phi) is 2.55. The number of fused-ring (bicyclic) bond motifs is 1. The van der Waals surface area contributed by atoms with Crippen molar-refractivity contribution >= 4 is 0 Å². The van der Waals surface area contributed by atoms with Gasteiger partial charge >= 0.3 is 0 Å². The van der Waals surface area contributed by atoms with E-state index >= 15 is 0 Å². The van der Waals surface area contributed by atoms with Crippen LogP contribution in [0.4, 0.5) is 0 Å². The van der Waals surface area contributed by atoms with Gasteiger partial charge in [0.2, 0.25) is 0 Å². The lowest BCUT2D eigenvalue weighted by Gasteiger charge is -2.18. The Morgan fingerprint density at radius 3 is 2.62 bits per heavy atom. The highest BCUT2D eigenvalue weighted by atomic mass is 16.6. The van der Waals surface area contributed by atoms with Crippen molar-refractivity contribution in [2.45, 2.75) is 44.4 Å². The summed E-state index contributed by atoms with van der Waals surface area (Å²) in [5.41, 5.74) is 0. The maximum Gasteiger partial charge on any atom is 0.115 e. The minimum atomic E-state index is -0.481. The number of aliphatic hydroxyl groups excluding tert-OH is 1. The first-order chi connectivity index (χ1) is 6.18. The fraction of sp³-hybridized carbons (Fsp3) is 1.00. The van der Waals surface area contributed by atoms with Crippen molar-refractivity contribution in [2.75, 3.05) is 13.2 Å². The van der Waals surface area contributed by atoms with Crippen LogP contribution >= 0.6 is 0 Å². The monoisotopic (exact) mass is 188 g/mol. The van der Waals surface area contributed by atoms with Crippen LogP contribution in [0.2, 0.25) is 0 Å². The lowest BCUT2D eigenvalue weighted by molar-refractivity contribution is -0.0607. The quantitative estimate of drug-likeness (QED) is 0.659. The highest BCUT2D eigenvalue weighted by Gasteiger charge is 2.47. The molecule has 2 saturated heterocycles. The van der Waals surface area contributed by atoms with E-state index in [1.54, 1.807) is 0 Å². The molecule has 0 radical (unpaired) electrons. The second-order valence-corrected chi connectivity index (χ2v) is 3.89. The van der Waals surface area contributed by atoms with Crippen LogP contribution in [0.15, 0.2) is 0 Å². The predicted octanol–water partition coefficient (Wildman–Crippen LogP) is -0.0615. The summed E-state index contributed by atoms with van der Waals surface area (Å²) in [6, 6.07) is 0. The Labute approximate surface area is 77.8 Å². The topological polar surface area (TPSA) is 47.9 Å². The summed E-state index contributed by atoms with van der Waals surface area (Å²) >= 11 is 0. The van der Waals surface area contributed by atoms with E-state index in [1.165, 1.54) is 0 Å². The molecule has 0 aromatic rings. The molecule has 0 aromatic heterocycles. The highest BCUT2D eigenvalue weighted by Crippen LogP contribution is 2.29. The third-order valence-electron chi connectivity index (χ3n) is 2.43. The molecule has 0 spiro atoms. The van der Waals surface area contributed by atoms with Crippen molar-refractivity contribution in [1.82, 2.24) is 0 Å². The van der Waals surface area contributed by atoms with Crippen LogP contribution in [-0.2, 0) is 14.2 Å². The van der Waals surface area contributed by atoms with Crippen molar-refractivity contribution in [3.8, 4) is 0 Å². The zero-order valence-electron chi connectivity index (χ0n) is 7.97. The maximum absolute atomic E-state index is 9.45. The normalized spacial score (nSPS) is 44.3. The second-order valence-electron chi connectivity index (χ2n) is 3.89. The molecule has 1 N–H and O–H groups in total. The molecule has 2 aliphatic rings. The molecule has 0 aliphatic carbocycles. The second kappa shape index (κ2) is 3.53. The van der Waals surface area contributed by atoms with Gasteiger partial charge in [0, 0.05) is 0 Å². The average Bonchev–Trinajstić information content (AvgIpc) is 2.56. The Morgan fingerprint density at radius 2 is 1.92 bits per heavy atom. The van der Waals surface area contributed by atoms with E-state index in [0.717, 1.165) is 0 Å². The summed E-state index contributed by atoms with van der Waals surface area (Å²) in [4.78, 5) is 0. The molecule has 13 heavy (non-hydrogen) atoms. The van der Waals surface area contributed by atoms with Gasteiger partial charge in [-0.05, 0) is 13.8 Å². The lowest BCUT2D eigenvalue weighted by Crippen LogP contribution is -2.34. The van der Waals surface area contributed by atoms with Gasteiger partial charge in [-0.15, -0.1) is 0 Å². The standard InChI is InChI=1S/C9H16O4/c1-5(2)13-7-4-12-8-6(10)3-11-9(7)8/h5-10H,3-4H2,1-2H3/t6-,7+,8-,9-/m1/s1. The molecule has 0 saturated carbocycles. The number of aliphatic hydroxyl groups is 1. The average molecular weight is 188 g/mol. The van der Waals surface area contributed by atoms with Gasteiger partial charge in [-0.3, -0.25) is 0 Å². The number of hydrogen-bond acceptors (Lipinski definition) is 4. The van der Waals surface area contributed by atoms with Gasteiger partial charge in [0.1, 0.15) is 24.4 Å². The summed E-state index contributed by atoms with van der Waals surface area (Å²) in [5, 5.41) is 9.45. The van der Waals surface area contributed by atoms with Gasteiger partial charge in [-0.25, -0.2) is 0 Å². The molecule has 0 aromatic carbocycles. The van der Waals surface area contributed by atoms with Crippen LogP contribution in [0.3, 0.4) is 0 Å². The Hall–Kier alpha value is -0.160. The van der Waals surface area contributed by atoms with E-state index in [4.69, 9.17) is 14.2 Å². The Morgan fingerprint density at radius 1 is 1.23 bits per heavy atom. The van der Waals surface area contributed by atoms with Crippen LogP contribution in [-0.4, -0.2) is 48.8 Å². The molecule has 4 heteroatoms. The molecule has 4 atom stereocenters. The third kappa shape index (κ3) is 1.72. The zero-order chi connectivity index (χ0) is 9.42. The first-order valence-corrected chi connectivity index (χ1v) is 4.75. The Balaban J connectivity index is 1.94. The number of ether oxygens (including phenoxy) is 3. The van der Waals surface area contributed by atoms with Crippen LogP contribution in [0, 0.1) is 0 Å². The molecular weight excluding hydrogens is 172 g/mol. The summed E-state index contributed by atoms with van der Waals surface area (Å²) in [6.45, 7) is 4.87. The highest BCUT2D eigenvalue weighted by molar-refractivity contribution is 4.95. The maximum atomic E-state index is 9.45. The van der Waals surface area contributed by atoms with Crippen molar-refractivity contribution in [3.05, 3.63) is 0 Å². The van der Waals surface area contributed by atoms with Crippen molar-refractivity contribution < 1.29 is 19.3 Å². The third-order valence-corrected chi connectivity index (χ3v) is 2.43. The van der Waals surface area contributed by atoms with E-state index in [0.29, 0.717) is 13.2 Å². The Bertz CT molecular complexity index is 182. The number of rotatable bonds is 2. The first-order valence-electron chi connectivity index (χ1n) is 4.75. The molecule has 4 nitrogen and oxygen atoms in total. The largest absolute Gasteiger partial charge is 0.388 e. The minimum Gasteiger partial charge on any atom is -0.388 e. The molecule has 2 fully saturated rings.